The molecule has 0 aliphatic carbocycles. The van der Waals surface area contributed by atoms with Gasteiger partial charge < -0.3 is 10.6 Å². The van der Waals surface area contributed by atoms with Crippen molar-refractivity contribution in [2.75, 3.05) is 13.1 Å². The molecule has 1 fully saturated rings. The Bertz CT molecular complexity index is 404. The fourth-order valence-corrected chi connectivity index (χ4v) is 2.59. The lowest BCUT2D eigenvalue weighted by Gasteiger charge is -2.27. The van der Waals surface area contributed by atoms with Crippen LogP contribution in [0.4, 0.5) is 0 Å². The quantitative estimate of drug-likeness (QED) is 0.895. The SMILES string of the molecule is C[C@@H](NC(=O)CC1CNC1)c1ccccc1Br. The molecule has 2 rings (SSSR count). The Labute approximate surface area is 110 Å². The molecule has 2 N–H and O–H groups in total. The van der Waals surface area contributed by atoms with Crippen molar-refractivity contribution in [2.45, 2.75) is 19.4 Å². The molecular weight excluding hydrogens is 280 g/mol. The molecule has 0 unspecified atom stereocenters. The maximum atomic E-state index is 11.8. The van der Waals surface area contributed by atoms with Crippen molar-refractivity contribution in [1.82, 2.24) is 10.6 Å². The van der Waals surface area contributed by atoms with Gasteiger partial charge in [0, 0.05) is 10.9 Å². The zero-order valence-corrected chi connectivity index (χ0v) is 11.5. The number of carbonyl (C=O) groups excluding carboxylic acids is 1. The van der Waals surface area contributed by atoms with E-state index in [9.17, 15) is 4.79 Å². The van der Waals surface area contributed by atoms with Gasteiger partial charge in [-0.3, -0.25) is 4.79 Å². The Balaban J connectivity index is 1.89. The fourth-order valence-electron chi connectivity index (χ4n) is 1.96. The van der Waals surface area contributed by atoms with E-state index in [1.54, 1.807) is 0 Å². The van der Waals surface area contributed by atoms with E-state index in [-0.39, 0.29) is 11.9 Å². The maximum absolute atomic E-state index is 11.8. The lowest BCUT2D eigenvalue weighted by Crippen LogP contribution is -2.44. The minimum absolute atomic E-state index is 0.0473. The van der Waals surface area contributed by atoms with Crippen LogP contribution in [-0.2, 0) is 4.79 Å². The van der Waals surface area contributed by atoms with Gasteiger partial charge in [-0.05, 0) is 37.6 Å². The number of amides is 1. The maximum Gasteiger partial charge on any atom is 0.220 e. The first-order chi connectivity index (χ1) is 8.16. The van der Waals surface area contributed by atoms with Crippen molar-refractivity contribution >= 4 is 21.8 Å². The minimum atomic E-state index is 0.0473. The summed E-state index contributed by atoms with van der Waals surface area (Å²) in [6.07, 6.45) is 0.627. The van der Waals surface area contributed by atoms with E-state index in [0.29, 0.717) is 12.3 Å². The summed E-state index contributed by atoms with van der Waals surface area (Å²) in [5.41, 5.74) is 1.12. The van der Waals surface area contributed by atoms with Crippen molar-refractivity contribution in [3.8, 4) is 0 Å². The van der Waals surface area contributed by atoms with E-state index in [4.69, 9.17) is 0 Å². The third-order valence-electron chi connectivity index (χ3n) is 3.09. The molecule has 17 heavy (non-hydrogen) atoms. The molecule has 4 heteroatoms. The third kappa shape index (κ3) is 3.30. The van der Waals surface area contributed by atoms with Gasteiger partial charge in [0.1, 0.15) is 0 Å². The van der Waals surface area contributed by atoms with Crippen LogP contribution in [0, 0.1) is 5.92 Å². The molecule has 1 aromatic carbocycles. The van der Waals surface area contributed by atoms with E-state index < -0.39 is 0 Å². The lowest BCUT2D eigenvalue weighted by molar-refractivity contribution is -0.123. The van der Waals surface area contributed by atoms with Gasteiger partial charge >= 0.3 is 0 Å². The van der Waals surface area contributed by atoms with Gasteiger partial charge in [-0.1, -0.05) is 34.1 Å². The average molecular weight is 297 g/mol. The number of carbonyl (C=O) groups is 1. The van der Waals surface area contributed by atoms with Gasteiger partial charge in [0.25, 0.3) is 0 Å². The van der Waals surface area contributed by atoms with Crippen LogP contribution in [0.2, 0.25) is 0 Å². The van der Waals surface area contributed by atoms with Gasteiger partial charge in [-0.25, -0.2) is 0 Å². The number of hydrogen-bond donors (Lipinski definition) is 2. The smallest absolute Gasteiger partial charge is 0.220 e. The monoisotopic (exact) mass is 296 g/mol. The second-order valence-corrected chi connectivity index (χ2v) is 5.39. The molecule has 1 aliphatic heterocycles. The molecule has 1 amide bonds. The standard InChI is InChI=1S/C13H17BrN2O/c1-9(11-4-2-3-5-12(11)14)16-13(17)6-10-7-15-8-10/h2-5,9-10,15H,6-8H2,1H3,(H,16,17)/t9-/m1/s1. The number of rotatable bonds is 4. The lowest BCUT2D eigenvalue weighted by atomic mass is 9.98. The van der Waals surface area contributed by atoms with Crippen LogP contribution >= 0.6 is 15.9 Å². The normalized spacial score (nSPS) is 17.3. The number of hydrogen-bond acceptors (Lipinski definition) is 2. The summed E-state index contributed by atoms with van der Waals surface area (Å²) in [7, 11) is 0. The van der Waals surface area contributed by atoms with Crippen molar-refractivity contribution in [3.63, 3.8) is 0 Å². The Morgan fingerprint density at radius 2 is 2.24 bits per heavy atom. The molecule has 1 aromatic rings. The first-order valence-electron chi connectivity index (χ1n) is 5.91. The molecule has 0 saturated carbocycles. The third-order valence-corrected chi connectivity index (χ3v) is 3.81. The van der Waals surface area contributed by atoms with Crippen LogP contribution < -0.4 is 10.6 Å². The Morgan fingerprint density at radius 1 is 1.53 bits per heavy atom. The second kappa shape index (κ2) is 5.65. The highest BCUT2D eigenvalue weighted by Gasteiger charge is 2.21. The first kappa shape index (κ1) is 12.6. The summed E-state index contributed by atoms with van der Waals surface area (Å²) >= 11 is 3.50. The van der Waals surface area contributed by atoms with E-state index in [1.807, 2.05) is 31.2 Å². The molecule has 3 nitrogen and oxygen atoms in total. The fraction of sp³-hybridized carbons (Fsp3) is 0.462. The Kier molecular flexibility index (Phi) is 4.18. The second-order valence-electron chi connectivity index (χ2n) is 4.54. The Morgan fingerprint density at radius 3 is 2.82 bits per heavy atom. The van der Waals surface area contributed by atoms with E-state index in [2.05, 4.69) is 26.6 Å². The van der Waals surface area contributed by atoms with E-state index in [1.165, 1.54) is 0 Å². The topological polar surface area (TPSA) is 41.1 Å². The van der Waals surface area contributed by atoms with Gasteiger partial charge in [0.05, 0.1) is 6.04 Å². The predicted octanol–water partition coefficient (Wildman–Crippen LogP) is 2.24. The first-order valence-corrected chi connectivity index (χ1v) is 6.70. The highest BCUT2D eigenvalue weighted by Crippen LogP contribution is 2.23. The van der Waals surface area contributed by atoms with E-state index >= 15 is 0 Å². The van der Waals surface area contributed by atoms with Crippen molar-refractivity contribution < 1.29 is 4.79 Å². The van der Waals surface area contributed by atoms with Gasteiger partial charge in [-0.2, -0.15) is 0 Å². The van der Waals surface area contributed by atoms with Crippen LogP contribution in [0.3, 0.4) is 0 Å². The van der Waals surface area contributed by atoms with Gasteiger partial charge in [-0.15, -0.1) is 0 Å². The van der Waals surface area contributed by atoms with Crippen LogP contribution in [0.25, 0.3) is 0 Å². The zero-order valence-electron chi connectivity index (χ0n) is 9.87. The molecule has 0 aromatic heterocycles. The van der Waals surface area contributed by atoms with Crippen LogP contribution in [0.5, 0.6) is 0 Å². The minimum Gasteiger partial charge on any atom is -0.350 e. The molecule has 0 spiro atoms. The number of halogens is 1. The molecule has 1 atom stereocenters. The zero-order chi connectivity index (χ0) is 12.3. The molecular formula is C13H17BrN2O. The highest BCUT2D eigenvalue weighted by atomic mass is 79.9. The van der Waals surface area contributed by atoms with Crippen molar-refractivity contribution in [2.24, 2.45) is 5.92 Å². The summed E-state index contributed by atoms with van der Waals surface area (Å²) in [4.78, 5) is 11.8. The summed E-state index contributed by atoms with van der Waals surface area (Å²) in [5, 5.41) is 6.21. The largest absolute Gasteiger partial charge is 0.350 e. The molecule has 0 radical (unpaired) electrons. The highest BCUT2D eigenvalue weighted by molar-refractivity contribution is 9.10. The van der Waals surface area contributed by atoms with Crippen LogP contribution in [-0.4, -0.2) is 19.0 Å². The van der Waals surface area contributed by atoms with Gasteiger partial charge in [0.2, 0.25) is 5.91 Å². The molecule has 1 aliphatic rings. The van der Waals surface area contributed by atoms with Crippen molar-refractivity contribution in [3.05, 3.63) is 34.3 Å². The Hall–Kier alpha value is -0.870. The van der Waals surface area contributed by atoms with Crippen LogP contribution in [0.1, 0.15) is 24.9 Å². The van der Waals surface area contributed by atoms with Gasteiger partial charge in [0.15, 0.2) is 0 Å². The summed E-state index contributed by atoms with van der Waals surface area (Å²) in [6.45, 7) is 3.95. The molecule has 0 bridgehead atoms. The molecule has 1 heterocycles. The summed E-state index contributed by atoms with van der Waals surface area (Å²) in [5.74, 6) is 0.654. The predicted molar refractivity (Wildman–Crippen MR) is 71.7 cm³/mol. The summed E-state index contributed by atoms with van der Waals surface area (Å²) in [6, 6.07) is 8.03. The van der Waals surface area contributed by atoms with E-state index in [0.717, 1.165) is 23.1 Å². The molecule has 92 valence electrons. The average Bonchev–Trinajstić information content (AvgIpc) is 2.24. The van der Waals surface area contributed by atoms with Crippen LogP contribution in [0.15, 0.2) is 28.7 Å². The number of nitrogens with one attached hydrogen (secondary N) is 2. The number of benzene rings is 1. The van der Waals surface area contributed by atoms with Crippen molar-refractivity contribution in [1.29, 1.82) is 0 Å². The molecule has 1 saturated heterocycles. The summed E-state index contributed by atoms with van der Waals surface area (Å²) < 4.78 is 1.04.